The monoisotopic (exact) mass is 420 g/mol. The minimum absolute atomic E-state index is 0.112. The first-order valence-corrected chi connectivity index (χ1v) is 10.4. The van der Waals surface area contributed by atoms with E-state index in [1.807, 2.05) is 47.2 Å². The van der Waals surface area contributed by atoms with E-state index in [1.165, 1.54) is 26.4 Å². The Morgan fingerprint density at radius 2 is 1.71 bits per heavy atom. The molecule has 0 atom stereocenters. The Morgan fingerprint density at radius 1 is 1.00 bits per heavy atom. The molecule has 1 heterocycles. The lowest BCUT2D eigenvalue weighted by molar-refractivity contribution is 0.354. The fraction of sp³-hybridized carbons (Fsp3) is 0.200. The zero-order valence-corrected chi connectivity index (χ0v) is 17.1. The molecule has 28 heavy (non-hydrogen) atoms. The molecule has 0 saturated carbocycles. The van der Waals surface area contributed by atoms with E-state index < -0.39 is 10.0 Å². The normalized spacial score (nSPS) is 11.4. The number of ether oxygens (including phenoxy) is 2. The van der Waals surface area contributed by atoms with Crippen LogP contribution in [0.2, 0.25) is 5.02 Å². The molecule has 0 aliphatic heterocycles. The molecule has 0 fully saturated rings. The van der Waals surface area contributed by atoms with E-state index in [0.29, 0.717) is 23.1 Å². The van der Waals surface area contributed by atoms with Gasteiger partial charge in [0.1, 0.15) is 0 Å². The van der Waals surface area contributed by atoms with E-state index in [1.54, 1.807) is 6.07 Å². The van der Waals surface area contributed by atoms with Crippen molar-refractivity contribution in [1.29, 1.82) is 0 Å². The molecule has 3 rings (SSSR count). The van der Waals surface area contributed by atoms with Gasteiger partial charge < -0.3 is 14.0 Å². The molecule has 0 saturated heterocycles. The van der Waals surface area contributed by atoms with Gasteiger partial charge in [-0.15, -0.1) is 0 Å². The second-order valence-corrected chi connectivity index (χ2v) is 8.30. The fourth-order valence-electron chi connectivity index (χ4n) is 2.79. The molecule has 0 radical (unpaired) electrons. The minimum atomic E-state index is -3.71. The van der Waals surface area contributed by atoms with Crippen LogP contribution in [0.3, 0.4) is 0 Å². The number of halogens is 1. The summed E-state index contributed by atoms with van der Waals surface area (Å²) < 4.78 is 40.3. The van der Waals surface area contributed by atoms with Gasteiger partial charge in [0, 0.05) is 29.5 Å². The summed E-state index contributed by atoms with van der Waals surface area (Å²) in [5, 5.41) is 0.680. The Labute approximate surface area is 169 Å². The number of hydrogen-bond donors (Lipinski definition) is 1. The summed E-state index contributed by atoms with van der Waals surface area (Å²) in [4.78, 5) is 0.112. The third kappa shape index (κ3) is 4.67. The van der Waals surface area contributed by atoms with Gasteiger partial charge in [0.05, 0.1) is 25.7 Å². The van der Waals surface area contributed by atoms with Crippen molar-refractivity contribution in [3.05, 3.63) is 77.1 Å². The number of nitrogens with zero attached hydrogens (tertiary/aromatic N) is 1. The molecule has 0 aliphatic rings. The average molecular weight is 421 g/mol. The van der Waals surface area contributed by atoms with Crippen molar-refractivity contribution in [1.82, 2.24) is 9.29 Å². The number of rotatable bonds is 8. The van der Waals surface area contributed by atoms with Gasteiger partial charge in [0.2, 0.25) is 10.0 Å². The molecular formula is C20H21ClN2O4S. The first-order valence-electron chi connectivity index (χ1n) is 8.53. The van der Waals surface area contributed by atoms with Crippen molar-refractivity contribution in [2.45, 2.75) is 18.0 Å². The lowest BCUT2D eigenvalue weighted by Gasteiger charge is -2.13. The molecule has 1 aromatic heterocycles. The van der Waals surface area contributed by atoms with E-state index >= 15 is 0 Å². The number of nitrogens with one attached hydrogen (secondary N) is 1. The van der Waals surface area contributed by atoms with Gasteiger partial charge in [0.15, 0.2) is 11.5 Å². The van der Waals surface area contributed by atoms with E-state index in [4.69, 9.17) is 21.1 Å². The highest BCUT2D eigenvalue weighted by Crippen LogP contribution is 2.29. The third-order valence-corrected chi connectivity index (χ3v) is 5.95. The standard InChI is InChI=1S/C20H21ClN2O4S/c1-26-19-10-9-18(12-20(19)27-2)28(24,25)22-13-17-4-3-11-23(17)14-15-5-7-16(21)8-6-15/h3-12,22H,13-14H2,1-2H3. The Kier molecular flexibility index (Phi) is 6.28. The summed E-state index contributed by atoms with van der Waals surface area (Å²) in [7, 11) is -0.743. The topological polar surface area (TPSA) is 69.6 Å². The maximum atomic E-state index is 12.7. The Bertz CT molecular complexity index is 1050. The molecule has 3 aromatic rings. The molecule has 1 N–H and O–H groups in total. The summed E-state index contributed by atoms with van der Waals surface area (Å²) in [6.45, 7) is 0.787. The van der Waals surface area contributed by atoms with Crippen LogP contribution in [-0.2, 0) is 23.1 Å². The number of aromatic nitrogens is 1. The number of hydrogen-bond acceptors (Lipinski definition) is 4. The van der Waals surface area contributed by atoms with E-state index in [2.05, 4.69) is 4.72 Å². The Balaban J connectivity index is 1.73. The molecule has 148 valence electrons. The van der Waals surface area contributed by atoms with Crippen molar-refractivity contribution < 1.29 is 17.9 Å². The van der Waals surface area contributed by atoms with Crippen molar-refractivity contribution >= 4 is 21.6 Å². The molecule has 0 aliphatic carbocycles. The van der Waals surface area contributed by atoms with Crippen LogP contribution in [0.15, 0.2) is 65.7 Å². The highest BCUT2D eigenvalue weighted by Gasteiger charge is 2.17. The van der Waals surface area contributed by atoms with Crippen LogP contribution in [0.25, 0.3) is 0 Å². The van der Waals surface area contributed by atoms with Gasteiger partial charge in [-0.3, -0.25) is 0 Å². The maximum Gasteiger partial charge on any atom is 0.241 e. The minimum Gasteiger partial charge on any atom is -0.493 e. The van der Waals surface area contributed by atoms with Gasteiger partial charge in [-0.25, -0.2) is 13.1 Å². The zero-order valence-electron chi connectivity index (χ0n) is 15.6. The highest BCUT2D eigenvalue weighted by atomic mass is 35.5. The fourth-order valence-corrected chi connectivity index (χ4v) is 3.93. The summed E-state index contributed by atoms with van der Waals surface area (Å²) >= 11 is 5.92. The molecule has 2 aromatic carbocycles. The second kappa shape index (κ2) is 8.68. The van der Waals surface area contributed by atoms with Crippen LogP contribution >= 0.6 is 11.6 Å². The van der Waals surface area contributed by atoms with Gasteiger partial charge in [-0.2, -0.15) is 0 Å². The van der Waals surface area contributed by atoms with Crippen molar-refractivity contribution in [2.24, 2.45) is 0 Å². The third-order valence-electron chi connectivity index (χ3n) is 4.30. The number of benzene rings is 2. The summed E-state index contributed by atoms with van der Waals surface area (Å²) in [5.41, 5.74) is 1.92. The Hall–Kier alpha value is -2.48. The lowest BCUT2D eigenvalue weighted by Crippen LogP contribution is -2.24. The first-order chi connectivity index (χ1) is 13.4. The predicted octanol–water partition coefficient (Wildman–Crippen LogP) is 3.69. The highest BCUT2D eigenvalue weighted by molar-refractivity contribution is 7.89. The van der Waals surface area contributed by atoms with Gasteiger partial charge in [-0.1, -0.05) is 23.7 Å². The van der Waals surface area contributed by atoms with Crippen molar-refractivity contribution in [2.75, 3.05) is 14.2 Å². The summed E-state index contributed by atoms with van der Waals surface area (Å²) in [5.74, 6) is 0.828. The zero-order chi connectivity index (χ0) is 20.1. The van der Waals surface area contributed by atoms with Gasteiger partial charge in [-0.05, 0) is 42.0 Å². The summed E-state index contributed by atoms with van der Waals surface area (Å²) in [6.07, 6.45) is 1.91. The Morgan fingerprint density at radius 3 is 2.39 bits per heavy atom. The van der Waals surface area contributed by atoms with Crippen molar-refractivity contribution in [3.63, 3.8) is 0 Å². The van der Waals surface area contributed by atoms with Crippen LogP contribution in [0.1, 0.15) is 11.3 Å². The summed E-state index contributed by atoms with van der Waals surface area (Å²) in [6, 6.07) is 15.8. The van der Waals surface area contributed by atoms with E-state index in [-0.39, 0.29) is 11.4 Å². The van der Waals surface area contributed by atoms with Crippen LogP contribution in [0.4, 0.5) is 0 Å². The van der Waals surface area contributed by atoms with Gasteiger partial charge >= 0.3 is 0 Å². The maximum absolute atomic E-state index is 12.7. The SMILES string of the molecule is COc1ccc(S(=O)(=O)NCc2cccn2Cc2ccc(Cl)cc2)cc1OC. The molecule has 0 spiro atoms. The van der Waals surface area contributed by atoms with E-state index in [9.17, 15) is 8.42 Å². The largest absolute Gasteiger partial charge is 0.493 e. The smallest absolute Gasteiger partial charge is 0.241 e. The van der Waals surface area contributed by atoms with Crippen LogP contribution in [-0.4, -0.2) is 27.2 Å². The van der Waals surface area contributed by atoms with Crippen LogP contribution in [0.5, 0.6) is 11.5 Å². The molecule has 8 heteroatoms. The molecule has 6 nitrogen and oxygen atoms in total. The van der Waals surface area contributed by atoms with Crippen molar-refractivity contribution in [3.8, 4) is 11.5 Å². The molecule has 0 amide bonds. The molecule has 0 bridgehead atoms. The number of sulfonamides is 1. The quantitative estimate of drug-likeness (QED) is 0.603. The average Bonchev–Trinajstić information content (AvgIpc) is 3.14. The lowest BCUT2D eigenvalue weighted by atomic mass is 10.2. The van der Waals surface area contributed by atoms with Crippen LogP contribution < -0.4 is 14.2 Å². The van der Waals surface area contributed by atoms with Crippen LogP contribution in [0, 0.1) is 0 Å². The molecular weight excluding hydrogens is 400 g/mol. The second-order valence-electron chi connectivity index (χ2n) is 6.10. The number of methoxy groups -OCH3 is 2. The van der Waals surface area contributed by atoms with E-state index in [0.717, 1.165) is 11.3 Å². The predicted molar refractivity (Wildman–Crippen MR) is 109 cm³/mol. The van der Waals surface area contributed by atoms with Gasteiger partial charge in [0.25, 0.3) is 0 Å². The first kappa shape index (κ1) is 20.3. The molecule has 0 unspecified atom stereocenters.